The van der Waals surface area contributed by atoms with Crippen LogP contribution in [0.2, 0.25) is 0 Å². The van der Waals surface area contributed by atoms with Crippen LogP contribution >= 0.6 is 11.3 Å². The maximum Gasteiger partial charge on any atom is 0.279 e. The van der Waals surface area contributed by atoms with E-state index in [2.05, 4.69) is 9.71 Å². The Labute approximate surface area is 117 Å². The summed E-state index contributed by atoms with van der Waals surface area (Å²) in [5.41, 5.74) is 0. The van der Waals surface area contributed by atoms with Crippen LogP contribution in [0.5, 0.6) is 0 Å². The van der Waals surface area contributed by atoms with Crippen LogP contribution in [0.15, 0.2) is 11.6 Å². The van der Waals surface area contributed by atoms with Gasteiger partial charge in [0.15, 0.2) is 0 Å². The molecule has 1 aliphatic rings. The predicted octanol–water partition coefficient (Wildman–Crippen LogP) is 0.367. The molecule has 2 heterocycles. The molecule has 6 nitrogen and oxygen atoms in total. The molecule has 0 aromatic carbocycles. The molecule has 0 spiro atoms. The van der Waals surface area contributed by atoms with Crippen LogP contribution in [-0.4, -0.2) is 48.6 Å². The molecule has 0 aliphatic carbocycles. The lowest BCUT2D eigenvalue weighted by Crippen LogP contribution is -2.50. The average Bonchev–Trinajstić information content (AvgIpc) is 2.91. The van der Waals surface area contributed by atoms with Crippen molar-refractivity contribution in [1.82, 2.24) is 14.0 Å². The summed E-state index contributed by atoms with van der Waals surface area (Å²) in [7, 11) is -3.50. The van der Waals surface area contributed by atoms with Gasteiger partial charge in [-0.15, -0.1) is 11.3 Å². The minimum absolute atomic E-state index is 0.118. The molecule has 0 radical (unpaired) electrons. The monoisotopic (exact) mass is 305 g/mol. The zero-order chi connectivity index (χ0) is 13.7. The highest BCUT2D eigenvalue weighted by atomic mass is 32.2. The minimum atomic E-state index is -3.50. The summed E-state index contributed by atoms with van der Waals surface area (Å²) in [4.78, 5) is 4.11. The average molecular weight is 305 g/mol. The zero-order valence-electron chi connectivity index (χ0n) is 10.7. The molecular weight excluding hydrogens is 286 g/mol. The quantitative estimate of drug-likeness (QED) is 0.795. The maximum atomic E-state index is 12.2. The molecule has 1 aromatic heterocycles. The van der Waals surface area contributed by atoms with Crippen molar-refractivity contribution in [2.24, 2.45) is 0 Å². The smallest absolute Gasteiger partial charge is 0.279 e. The van der Waals surface area contributed by atoms with E-state index in [1.807, 2.05) is 5.38 Å². The van der Waals surface area contributed by atoms with Gasteiger partial charge in [-0.2, -0.15) is 12.7 Å². The van der Waals surface area contributed by atoms with E-state index in [4.69, 9.17) is 0 Å². The summed E-state index contributed by atoms with van der Waals surface area (Å²) in [6.45, 7) is 0.704. The lowest BCUT2D eigenvalue weighted by molar-refractivity contribution is 0.154. The molecule has 0 amide bonds. The zero-order valence-corrected chi connectivity index (χ0v) is 12.3. The molecule has 1 atom stereocenters. The lowest BCUT2D eigenvalue weighted by atomic mass is 10.1. The van der Waals surface area contributed by atoms with Crippen molar-refractivity contribution in [3.8, 4) is 0 Å². The van der Waals surface area contributed by atoms with Gasteiger partial charge < -0.3 is 5.11 Å². The first-order valence-corrected chi connectivity index (χ1v) is 8.71. The summed E-state index contributed by atoms with van der Waals surface area (Å²) in [5, 5.41) is 12.0. The molecule has 0 bridgehead atoms. The van der Waals surface area contributed by atoms with Crippen LogP contribution in [0, 0.1) is 0 Å². The van der Waals surface area contributed by atoms with Crippen LogP contribution in [0.25, 0.3) is 0 Å². The number of nitrogens with zero attached hydrogens (tertiary/aromatic N) is 2. The Morgan fingerprint density at radius 1 is 1.53 bits per heavy atom. The second kappa shape index (κ2) is 6.76. The fourth-order valence-corrected chi connectivity index (χ4v) is 4.30. The number of aliphatic hydroxyl groups excluding tert-OH is 1. The molecule has 0 saturated carbocycles. The Morgan fingerprint density at radius 2 is 2.37 bits per heavy atom. The van der Waals surface area contributed by atoms with Gasteiger partial charge in [0.25, 0.3) is 10.2 Å². The van der Waals surface area contributed by atoms with Crippen LogP contribution in [-0.2, 0) is 16.6 Å². The first kappa shape index (κ1) is 14.9. The standard InChI is InChI=1S/C11H19N3O3S2/c15-9-10-3-1-2-7-14(10)19(16,17)13-5-4-11-12-6-8-18-11/h6,8,10,13,15H,1-5,7,9H2. The second-order valence-electron chi connectivity index (χ2n) is 4.52. The maximum absolute atomic E-state index is 12.2. The predicted molar refractivity (Wildman–Crippen MR) is 74.2 cm³/mol. The normalized spacial score (nSPS) is 21.6. The molecule has 1 fully saturated rings. The lowest BCUT2D eigenvalue weighted by Gasteiger charge is -2.33. The molecule has 1 saturated heterocycles. The summed E-state index contributed by atoms with van der Waals surface area (Å²) in [5.74, 6) is 0. The van der Waals surface area contributed by atoms with Crippen LogP contribution in [0.1, 0.15) is 24.3 Å². The van der Waals surface area contributed by atoms with Crippen molar-refractivity contribution in [3.05, 3.63) is 16.6 Å². The number of aliphatic hydroxyl groups is 1. The van der Waals surface area contributed by atoms with E-state index in [0.29, 0.717) is 19.5 Å². The number of rotatable bonds is 6. The Morgan fingerprint density at radius 3 is 3.05 bits per heavy atom. The van der Waals surface area contributed by atoms with E-state index in [0.717, 1.165) is 24.3 Å². The molecule has 1 aliphatic heterocycles. The highest BCUT2D eigenvalue weighted by molar-refractivity contribution is 7.87. The SMILES string of the molecule is O=S(=O)(NCCc1nccs1)N1CCCCC1CO. The number of thiazole rings is 1. The van der Waals surface area contributed by atoms with Gasteiger partial charge in [-0.1, -0.05) is 6.42 Å². The first-order chi connectivity index (χ1) is 9.13. The van der Waals surface area contributed by atoms with Gasteiger partial charge in [-0.05, 0) is 12.8 Å². The van der Waals surface area contributed by atoms with Crippen molar-refractivity contribution >= 4 is 21.5 Å². The van der Waals surface area contributed by atoms with E-state index in [9.17, 15) is 13.5 Å². The van der Waals surface area contributed by atoms with Gasteiger partial charge in [0.2, 0.25) is 0 Å². The minimum Gasteiger partial charge on any atom is -0.395 e. The Kier molecular flexibility index (Phi) is 5.28. The number of hydrogen-bond donors (Lipinski definition) is 2. The third kappa shape index (κ3) is 3.96. The Hall–Kier alpha value is -0.540. The van der Waals surface area contributed by atoms with Gasteiger partial charge in [0.05, 0.1) is 11.6 Å². The number of hydrogen-bond acceptors (Lipinski definition) is 5. The molecule has 108 valence electrons. The fourth-order valence-electron chi connectivity index (χ4n) is 2.22. The summed E-state index contributed by atoms with van der Waals surface area (Å²) >= 11 is 1.51. The highest BCUT2D eigenvalue weighted by Crippen LogP contribution is 2.19. The van der Waals surface area contributed by atoms with Crippen molar-refractivity contribution in [1.29, 1.82) is 0 Å². The molecule has 1 unspecified atom stereocenters. The van der Waals surface area contributed by atoms with Crippen molar-refractivity contribution < 1.29 is 13.5 Å². The van der Waals surface area contributed by atoms with Gasteiger partial charge in [-0.3, -0.25) is 0 Å². The second-order valence-corrected chi connectivity index (χ2v) is 7.21. The van der Waals surface area contributed by atoms with E-state index in [-0.39, 0.29) is 12.6 Å². The number of nitrogens with one attached hydrogen (secondary N) is 1. The van der Waals surface area contributed by atoms with E-state index in [1.54, 1.807) is 6.20 Å². The van der Waals surface area contributed by atoms with Crippen LogP contribution < -0.4 is 4.72 Å². The van der Waals surface area contributed by atoms with Gasteiger partial charge in [0, 0.05) is 37.1 Å². The highest BCUT2D eigenvalue weighted by Gasteiger charge is 2.31. The third-order valence-corrected chi connectivity index (χ3v) is 5.71. The molecule has 19 heavy (non-hydrogen) atoms. The topological polar surface area (TPSA) is 82.5 Å². The van der Waals surface area contributed by atoms with Crippen LogP contribution in [0.4, 0.5) is 0 Å². The molecule has 1 aromatic rings. The molecule has 2 rings (SSSR count). The number of piperidine rings is 1. The van der Waals surface area contributed by atoms with Gasteiger partial charge in [-0.25, -0.2) is 9.71 Å². The molecule has 2 N–H and O–H groups in total. The largest absolute Gasteiger partial charge is 0.395 e. The van der Waals surface area contributed by atoms with Crippen molar-refractivity contribution in [3.63, 3.8) is 0 Å². The van der Waals surface area contributed by atoms with E-state index in [1.165, 1.54) is 15.6 Å². The van der Waals surface area contributed by atoms with Crippen molar-refractivity contribution in [2.45, 2.75) is 31.7 Å². The summed E-state index contributed by atoms with van der Waals surface area (Å²) in [6, 6.07) is -0.286. The number of aromatic nitrogens is 1. The van der Waals surface area contributed by atoms with E-state index >= 15 is 0 Å². The Bertz CT molecular complexity index is 475. The van der Waals surface area contributed by atoms with E-state index < -0.39 is 10.2 Å². The summed E-state index contributed by atoms with van der Waals surface area (Å²) in [6.07, 6.45) is 4.85. The molecule has 8 heteroatoms. The third-order valence-electron chi connectivity index (χ3n) is 3.20. The molecular formula is C11H19N3O3S2. The Balaban J connectivity index is 1.89. The van der Waals surface area contributed by atoms with Gasteiger partial charge in [0.1, 0.15) is 0 Å². The first-order valence-electron chi connectivity index (χ1n) is 6.39. The van der Waals surface area contributed by atoms with Gasteiger partial charge >= 0.3 is 0 Å². The van der Waals surface area contributed by atoms with Crippen molar-refractivity contribution in [2.75, 3.05) is 19.7 Å². The summed E-state index contributed by atoms with van der Waals surface area (Å²) < 4.78 is 28.3. The fraction of sp³-hybridized carbons (Fsp3) is 0.727. The van der Waals surface area contributed by atoms with Crippen LogP contribution in [0.3, 0.4) is 0 Å².